The normalized spacial score (nSPS) is 15.1. The number of carbonyl (C=O) groups excluding carboxylic acids is 2. The Morgan fingerprint density at radius 2 is 1.88 bits per heavy atom. The number of hydrogen-bond acceptors (Lipinski definition) is 7. The molecule has 0 unspecified atom stereocenters. The van der Waals surface area contributed by atoms with Gasteiger partial charge in [-0.1, -0.05) is 18.9 Å². The van der Waals surface area contributed by atoms with Crippen molar-refractivity contribution < 1.29 is 22.7 Å². The van der Waals surface area contributed by atoms with Crippen molar-refractivity contribution in [2.45, 2.75) is 42.5 Å². The van der Waals surface area contributed by atoms with Crippen molar-refractivity contribution in [3.63, 3.8) is 0 Å². The topological polar surface area (TPSA) is 106 Å². The molecule has 1 aromatic carbocycles. The molecule has 8 nitrogen and oxygen atoms in total. The van der Waals surface area contributed by atoms with E-state index < -0.39 is 28.5 Å². The molecule has 1 aromatic heterocycles. The first-order chi connectivity index (χ1) is 15.3. The first-order valence-corrected chi connectivity index (χ1v) is 13.1. The molecule has 1 aliphatic rings. The Balaban J connectivity index is 1.67. The summed E-state index contributed by atoms with van der Waals surface area (Å²) in [7, 11) is -3.66. The maximum atomic E-state index is 13.2. The van der Waals surface area contributed by atoms with Gasteiger partial charge in [0.25, 0.3) is 5.91 Å². The van der Waals surface area contributed by atoms with Gasteiger partial charge in [-0.05, 0) is 55.9 Å². The molecule has 0 atom stereocenters. The predicted molar refractivity (Wildman–Crippen MR) is 123 cm³/mol. The molecule has 2 aromatic rings. The molecule has 10 heteroatoms. The van der Waals surface area contributed by atoms with Crippen LogP contribution in [0.3, 0.4) is 0 Å². The largest absolute Gasteiger partial charge is 0.452 e. The van der Waals surface area contributed by atoms with Crippen LogP contribution in [0.4, 0.5) is 5.69 Å². The Morgan fingerprint density at radius 1 is 1.16 bits per heavy atom. The Morgan fingerprint density at radius 3 is 2.56 bits per heavy atom. The van der Waals surface area contributed by atoms with E-state index in [-0.39, 0.29) is 10.5 Å². The van der Waals surface area contributed by atoms with Crippen LogP contribution in [-0.4, -0.2) is 55.5 Å². The number of esters is 1. The van der Waals surface area contributed by atoms with Crippen molar-refractivity contribution in [2.75, 3.05) is 31.3 Å². The van der Waals surface area contributed by atoms with Crippen molar-refractivity contribution in [3.05, 3.63) is 47.7 Å². The van der Waals surface area contributed by atoms with Crippen LogP contribution in [0.15, 0.2) is 46.5 Å². The first-order valence-electron chi connectivity index (χ1n) is 10.4. The molecule has 0 saturated carbocycles. The SMILES string of the molecule is CSc1ncccc1C(=O)OCC(=O)Nc1ccc(C)c(S(=O)(=O)N2CCCCCC2)c1. The lowest BCUT2D eigenvalue weighted by Crippen LogP contribution is -2.32. The Bertz CT molecular complexity index is 1080. The number of pyridine rings is 1. The summed E-state index contributed by atoms with van der Waals surface area (Å²) in [4.78, 5) is 28.9. The molecule has 1 N–H and O–H groups in total. The number of nitrogens with zero attached hydrogens (tertiary/aromatic N) is 2. The molecule has 3 rings (SSSR count). The van der Waals surface area contributed by atoms with Gasteiger partial charge in [0.2, 0.25) is 10.0 Å². The van der Waals surface area contributed by atoms with E-state index in [1.165, 1.54) is 22.1 Å². The first kappa shape index (κ1) is 24.2. The van der Waals surface area contributed by atoms with E-state index in [9.17, 15) is 18.0 Å². The molecule has 172 valence electrons. The number of ether oxygens (including phenoxy) is 1. The molecule has 32 heavy (non-hydrogen) atoms. The average molecular weight is 478 g/mol. The molecule has 0 spiro atoms. The molecular formula is C22H27N3O5S2. The van der Waals surface area contributed by atoms with Gasteiger partial charge in [-0.15, -0.1) is 11.8 Å². The van der Waals surface area contributed by atoms with E-state index in [1.54, 1.807) is 43.6 Å². The minimum atomic E-state index is -3.66. The fourth-order valence-corrected chi connectivity index (χ4v) is 5.80. The van der Waals surface area contributed by atoms with Crippen LogP contribution in [0, 0.1) is 6.92 Å². The summed E-state index contributed by atoms with van der Waals surface area (Å²) >= 11 is 1.31. The summed E-state index contributed by atoms with van der Waals surface area (Å²) in [6.07, 6.45) is 7.10. The minimum absolute atomic E-state index is 0.175. The lowest BCUT2D eigenvalue weighted by molar-refractivity contribution is -0.119. The van der Waals surface area contributed by atoms with Gasteiger partial charge in [-0.3, -0.25) is 4.79 Å². The molecule has 0 radical (unpaired) electrons. The maximum Gasteiger partial charge on any atom is 0.341 e. The summed E-state index contributed by atoms with van der Waals surface area (Å²) in [6, 6.07) is 7.95. The summed E-state index contributed by atoms with van der Waals surface area (Å²) in [5.74, 6) is -1.21. The molecular weight excluding hydrogens is 450 g/mol. The Kier molecular flexibility index (Phi) is 8.27. The van der Waals surface area contributed by atoms with Crippen LogP contribution >= 0.6 is 11.8 Å². The monoisotopic (exact) mass is 477 g/mol. The van der Waals surface area contributed by atoms with Crippen molar-refractivity contribution >= 4 is 39.3 Å². The third-order valence-electron chi connectivity index (χ3n) is 5.17. The van der Waals surface area contributed by atoms with E-state index >= 15 is 0 Å². The number of sulfonamides is 1. The van der Waals surface area contributed by atoms with Gasteiger partial charge in [-0.25, -0.2) is 18.2 Å². The van der Waals surface area contributed by atoms with Gasteiger partial charge in [0, 0.05) is 25.0 Å². The van der Waals surface area contributed by atoms with E-state index in [0.29, 0.717) is 29.4 Å². The highest BCUT2D eigenvalue weighted by Gasteiger charge is 2.27. The van der Waals surface area contributed by atoms with E-state index in [1.807, 2.05) is 0 Å². The highest BCUT2D eigenvalue weighted by atomic mass is 32.2. The van der Waals surface area contributed by atoms with Gasteiger partial charge in [0.05, 0.1) is 10.5 Å². The number of thioether (sulfide) groups is 1. The molecule has 1 fully saturated rings. The second-order valence-corrected chi connectivity index (χ2v) is 10.2. The van der Waals surface area contributed by atoms with E-state index in [2.05, 4.69) is 10.3 Å². The number of carbonyl (C=O) groups is 2. The number of amides is 1. The number of rotatable bonds is 7. The fourth-order valence-electron chi connectivity index (χ4n) is 3.49. The smallest absolute Gasteiger partial charge is 0.341 e. The fraction of sp³-hybridized carbons (Fsp3) is 0.409. The zero-order valence-electron chi connectivity index (χ0n) is 18.2. The van der Waals surface area contributed by atoms with Crippen LogP contribution < -0.4 is 5.32 Å². The molecule has 2 heterocycles. The lowest BCUT2D eigenvalue weighted by atomic mass is 10.2. The lowest BCUT2D eigenvalue weighted by Gasteiger charge is -2.21. The number of aryl methyl sites for hydroxylation is 1. The van der Waals surface area contributed by atoms with Crippen LogP contribution in [0.25, 0.3) is 0 Å². The maximum absolute atomic E-state index is 13.2. The van der Waals surface area contributed by atoms with Gasteiger partial charge in [0.15, 0.2) is 6.61 Å². The van der Waals surface area contributed by atoms with Crippen molar-refractivity contribution in [1.29, 1.82) is 0 Å². The van der Waals surface area contributed by atoms with Crippen LogP contribution in [0.1, 0.15) is 41.6 Å². The average Bonchev–Trinajstić information content (AvgIpc) is 3.09. The zero-order chi connectivity index (χ0) is 23.1. The summed E-state index contributed by atoms with van der Waals surface area (Å²) in [5, 5.41) is 3.13. The minimum Gasteiger partial charge on any atom is -0.452 e. The van der Waals surface area contributed by atoms with Crippen molar-refractivity contribution in [1.82, 2.24) is 9.29 Å². The van der Waals surface area contributed by atoms with E-state index in [0.717, 1.165) is 25.7 Å². The third kappa shape index (κ3) is 5.87. The van der Waals surface area contributed by atoms with Crippen LogP contribution in [0.5, 0.6) is 0 Å². The number of aromatic nitrogens is 1. The third-order valence-corrected chi connectivity index (χ3v) is 7.93. The van der Waals surface area contributed by atoms with Gasteiger partial charge < -0.3 is 10.1 Å². The van der Waals surface area contributed by atoms with Crippen LogP contribution in [0.2, 0.25) is 0 Å². The predicted octanol–water partition coefficient (Wildman–Crippen LogP) is 3.47. The zero-order valence-corrected chi connectivity index (χ0v) is 19.8. The molecule has 1 saturated heterocycles. The number of anilines is 1. The van der Waals surface area contributed by atoms with Crippen molar-refractivity contribution in [2.24, 2.45) is 0 Å². The van der Waals surface area contributed by atoms with Gasteiger partial charge >= 0.3 is 5.97 Å². The summed E-state index contributed by atoms with van der Waals surface area (Å²) in [5.41, 5.74) is 1.23. The quantitative estimate of drug-likeness (QED) is 0.481. The second-order valence-electron chi connectivity index (χ2n) is 7.48. The summed E-state index contributed by atoms with van der Waals surface area (Å²) < 4.78 is 33.0. The van der Waals surface area contributed by atoms with Crippen molar-refractivity contribution in [3.8, 4) is 0 Å². The Labute approximate surface area is 192 Å². The molecule has 0 aliphatic carbocycles. The second kappa shape index (κ2) is 10.9. The summed E-state index contributed by atoms with van der Waals surface area (Å²) in [6.45, 7) is 2.24. The highest BCUT2D eigenvalue weighted by Crippen LogP contribution is 2.26. The van der Waals surface area contributed by atoms with Gasteiger partial charge in [-0.2, -0.15) is 4.31 Å². The number of nitrogens with one attached hydrogen (secondary N) is 1. The highest BCUT2D eigenvalue weighted by molar-refractivity contribution is 7.98. The molecule has 0 bridgehead atoms. The molecule has 1 amide bonds. The van der Waals surface area contributed by atoms with E-state index in [4.69, 9.17) is 4.74 Å². The van der Waals surface area contributed by atoms with Crippen LogP contribution in [-0.2, 0) is 19.6 Å². The molecule has 1 aliphatic heterocycles. The Hall–Kier alpha value is -2.43. The van der Waals surface area contributed by atoms with Gasteiger partial charge in [0.1, 0.15) is 5.03 Å². The number of hydrogen-bond donors (Lipinski definition) is 1. The standard InChI is InChI=1S/C22H27N3O5S2/c1-16-9-10-17(14-19(16)32(28,29)25-12-5-3-4-6-13-25)24-20(26)15-30-22(27)18-8-7-11-23-21(18)31-2/h7-11,14H,3-6,12-13,15H2,1-2H3,(H,24,26). The number of benzene rings is 1.